The lowest BCUT2D eigenvalue weighted by molar-refractivity contribution is -0.122. The number of amides is 1. The highest BCUT2D eigenvalue weighted by Gasteiger charge is 2.34. The Hall–Kier alpha value is -2.33. The van der Waals surface area contributed by atoms with Gasteiger partial charge in [0.1, 0.15) is 11.5 Å². The van der Waals surface area contributed by atoms with Crippen molar-refractivity contribution >= 4 is 5.91 Å². The van der Waals surface area contributed by atoms with Crippen LogP contribution in [0.2, 0.25) is 0 Å². The maximum absolute atomic E-state index is 13.7. The van der Waals surface area contributed by atoms with E-state index in [0.717, 1.165) is 65.6 Å². The molecule has 2 aromatic carbocycles. The Kier molecular flexibility index (Phi) is 7.24. The second-order valence-electron chi connectivity index (χ2n) is 10.9. The number of carbonyl (C=O) groups excluding carboxylic acids is 1. The van der Waals surface area contributed by atoms with Gasteiger partial charge in [-0.1, -0.05) is 67.5 Å². The molecule has 4 heteroatoms. The molecule has 0 atom stereocenters. The van der Waals surface area contributed by atoms with E-state index in [0.29, 0.717) is 0 Å². The zero-order valence-corrected chi connectivity index (χ0v) is 20.9. The van der Waals surface area contributed by atoms with Gasteiger partial charge < -0.3 is 15.0 Å². The first-order valence-electron chi connectivity index (χ1n) is 13.5. The molecule has 1 amide bonds. The molecule has 34 heavy (non-hydrogen) atoms. The summed E-state index contributed by atoms with van der Waals surface area (Å²) in [6.45, 7) is 7.60. The molecule has 1 N–H and O–H groups in total. The minimum Gasteiger partial charge on any atom is -0.457 e. The third kappa shape index (κ3) is 5.33. The second kappa shape index (κ2) is 10.5. The van der Waals surface area contributed by atoms with Crippen molar-refractivity contribution in [2.45, 2.75) is 83.6 Å². The van der Waals surface area contributed by atoms with E-state index in [1.54, 1.807) is 0 Å². The number of piperidine rings is 1. The molecule has 1 saturated carbocycles. The van der Waals surface area contributed by atoms with Crippen molar-refractivity contribution in [2.75, 3.05) is 19.6 Å². The molecule has 0 spiro atoms. The fourth-order valence-electron chi connectivity index (χ4n) is 6.17. The number of nitrogens with zero attached hydrogens (tertiary/aromatic N) is 1. The van der Waals surface area contributed by atoms with Crippen LogP contribution in [0.5, 0.6) is 11.5 Å². The van der Waals surface area contributed by atoms with Crippen LogP contribution in [0.3, 0.4) is 0 Å². The van der Waals surface area contributed by atoms with Crippen molar-refractivity contribution < 1.29 is 9.53 Å². The van der Waals surface area contributed by atoms with Gasteiger partial charge >= 0.3 is 0 Å². The molecule has 1 aliphatic carbocycles. The first-order chi connectivity index (χ1) is 16.6. The molecule has 1 saturated heterocycles. The molecular formula is C30H40N2O2. The van der Waals surface area contributed by atoms with Crippen molar-refractivity contribution in [1.82, 2.24) is 10.2 Å². The van der Waals surface area contributed by atoms with E-state index >= 15 is 0 Å². The number of ether oxygens (including phenoxy) is 1. The van der Waals surface area contributed by atoms with E-state index in [1.807, 2.05) is 12.1 Å². The number of aryl methyl sites for hydroxylation is 2. The molecule has 182 valence electrons. The van der Waals surface area contributed by atoms with Gasteiger partial charge in [-0.05, 0) is 57.6 Å². The van der Waals surface area contributed by atoms with Crippen LogP contribution in [0, 0.1) is 19.8 Å². The van der Waals surface area contributed by atoms with Crippen molar-refractivity contribution in [3.05, 3.63) is 58.7 Å². The lowest BCUT2D eigenvalue weighted by atomic mass is 9.85. The second-order valence-corrected chi connectivity index (χ2v) is 10.9. The summed E-state index contributed by atoms with van der Waals surface area (Å²) in [7, 11) is 0. The largest absolute Gasteiger partial charge is 0.457 e. The number of likely N-dealkylation sites (tertiary alicyclic amines) is 1. The van der Waals surface area contributed by atoms with E-state index in [9.17, 15) is 4.79 Å². The summed E-state index contributed by atoms with van der Waals surface area (Å²) in [4.78, 5) is 16.4. The number of nitrogens with one attached hydrogen (secondary N) is 1. The zero-order valence-electron chi connectivity index (χ0n) is 20.9. The SMILES string of the molecule is Cc1ccc2c(c1)C(C(=O)NC1CCN(CC3CCCCCCC3)CC1)c1cc(C)ccc1O2. The Bertz CT molecular complexity index is 949. The summed E-state index contributed by atoms with van der Waals surface area (Å²) in [5.41, 5.74) is 4.27. The molecule has 5 rings (SSSR count). The number of hydrogen-bond acceptors (Lipinski definition) is 3. The van der Waals surface area contributed by atoms with Gasteiger partial charge in [-0.15, -0.1) is 0 Å². The van der Waals surface area contributed by atoms with E-state index in [1.165, 1.54) is 51.5 Å². The number of rotatable bonds is 4. The Morgan fingerprint density at radius 3 is 2.00 bits per heavy atom. The standard InChI is InChI=1S/C30H40N2O2/c1-21-10-12-27-25(18-21)29(26-19-22(2)11-13-28(26)34-27)30(33)31-24-14-16-32(17-15-24)20-23-8-6-4-3-5-7-9-23/h10-13,18-19,23-24,29H,3-9,14-17,20H2,1-2H3,(H,31,33). The van der Waals surface area contributed by atoms with Crippen LogP contribution in [0.1, 0.15) is 86.0 Å². The summed E-state index contributed by atoms with van der Waals surface area (Å²) in [6.07, 6.45) is 12.0. The molecule has 3 aliphatic rings. The fraction of sp³-hybridized carbons (Fsp3) is 0.567. The Morgan fingerprint density at radius 1 is 0.853 bits per heavy atom. The minimum absolute atomic E-state index is 0.112. The average Bonchev–Trinajstić information content (AvgIpc) is 2.80. The van der Waals surface area contributed by atoms with Gasteiger partial charge in [-0.3, -0.25) is 4.79 Å². The van der Waals surface area contributed by atoms with Gasteiger partial charge in [0.05, 0.1) is 5.92 Å². The highest BCUT2D eigenvalue weighted by Crippen LogP contribution is 2.45. The molecule has 2 heterocycles. The molecule has 0 bridgehead atoms. The molecular weight excluding hydrogens is 420 g/mol. The maximum Gasteiger partial charge on any atom is 0.232 e. The summed E-state index contributed by atoms with van der Waals surface area (Å²) in [6, 6.07) is 12.6. The molecule has 4 nitrogen and oxygen atoms in total. The van der Waals surface area contributed by atoms with Crippen molar-refractivity contribution in [3.63, 3.8) is 0 Å². The van der Waals surface area contributed by atoms with Gasteiger partial charge in [0, 0.05) is 36.8 Å². The lowest BCUT2D eigenvalue weighted by Gasteiger charge is -2.36. The number of fused-ring (bicyclic) bond motifs is 2. The monoisotopic (exact) mass is 460 g/mol. The highest BCUT2D eigenvalue weighted by molar-refractivity contribution is 5.90. The van der Waals surface area contributed by atoms with E-state index in [-0.39, 0.29) is 17.9 Å². The van der Waals surface area contributed by atoms with Crippen LogP contribution in [-0.4, -0.2) is 36.5 Å². The Balaban J connectivity index is 1.24. The predicted molar refractivity (Wildman–Crippen MR) is 138 cm³/mol. The van der Waals surface area contributed by atoms with Crippen molar-refractivity contribution in [1.29, 1.82) is 0 Å². The Morgan fingerprint density at radius 2 is 1.41 bits per heavy atom. The van der Waals surface area contributed by atoms with Gasteiger partial charge in [0.15, 0.2) is 0 Å². The van der Waals surface area contributed by atoms with Crippen LogP contribution in [0.25, 0.3) is 0 Å². The van der Waals surface area contributed by atoms with E-state index in [4.69, 9.17) is 4.74 Å². The normalized spacial score (nSPS) is 20.5. The third-order valence-electron chi connectivity index (χ3n) is 8.11. The summed E-state index contributed by atoms with van der Waals surface area (Å²) in [5, 5.41) is 3.43. The van der Waals surface area contributed by atoms with Crippen LogP contribution in [0.15, 0.2) is 36.4 Å². The predicted octanol–water partition coefficient (Wildman–Crippen LogP) is 6.48. The Labute approximate surface area is 205 Å². The zero-order chi connectivity index (χ0) is 23.5. The van der Waals surface area contributed by atoms with Gasteiger partial charge in [0.25, 0.3) is 0 Å². The lowest BCUT2D eigenvalue weighted by Crippen LogP contribution is -2.47. The molecule has 0 radical (unpaired) electrons. The third-order valence-corrected chi connectivity index (χ3v) is 8.11. The molecule has 2 fully saturated rings. The van der Waals surface area contributed by atoms with Gasteiger partial charge in [0.2, 0.25) is 5.91 Å². The quantitative estimate of drug-likeness (QED) is 0.568. The fourth-order valence-corrected chi connectivity index (χ4v) is 6.17. The molecule has 0 unspecified atom stereocenters. The van der Waals surface area contributed by atoms with Crippen molar-refractivity contribution in [2.24, 2.45) is 5.92 Å². The number of carbonyl (C=O) groups is 1. The van der Waals surface area contributed by atoms with Crippen LogP contribution in [0.4, 0.5) is 0 Å². The smallest absolute Gasteiger partial charge is 0.232 e. The average molecular weight is 461 g/mol. The summed E-state index contributed by atoms with van der Waals surface area (Å²) >= 11 is 0. The van der Waals surface area contributed by atoms with Gasteiger partial charge in [-0.2, -0.15) is 0 Å². The molecule has 2 aliphatic heterocycles. The first kappa shape index (κ1) is 23.4. The van der Waals surface area contributed by atoms with Crippen LogP contribution < -0.4 is 10.1 Å². The van der Waals surface area contributed by atoms with Crippen LogP contribution in [-0.2, 0) is 4.79 Å². The topological polar surface area (TPSA) is 41.6 Å². The minimum atomic E-state index is -0.313. The van der Waals surface area contributed by atoms with Crippen molar-refractivity contribution in [3.8, 4) is 11.5 Å². The highest BCUT2D eigenvalue weighted by atomic mass is 16.5. The number of benzene rings is 2. The maximum atomic E-state index is 13.7. The van der Waals surface area contributed by atoms with Crippen LogP contribution >= 0.6 is 0 Å². The summed E-state index contributed by atoms with van der Waals surface area (Å²) < 4.78 is 6.17. The molecule has 0 aromatic heterocycles. The summed E-state index contributed by atoms with van der Waals surface area (Å²) in [5.74, 6) is 2.27. The molecule has 2 aromatic rings. The van der Waals surface area contributed by atoms with E-state index < -0.39 is 0 Å². The van der Waals surface area contributed by atoms with Gasteiger partial charge in [-0.25, -0.2) is 0 Å². The van der Waals surface area contributed by atoms with E-state index in [2.05, 4.69) is 48.3 Å². The number of hydrogen-bond donors (Lipinski definition) is 1. The first-order valence-corrected chi connectivity index (χ1v) is 13.5.